The number of halogens is 1. The molecular weight excluding hydrogens is 222 g/mol. The quantitative estimate of drug-likeness (QED) is 0.864. The second-order valence-electron chi connectivity index (χ2n) is 3.83. The van der Waals surface area contributed by atoms with Gasteiger partial charge in [-0.15, -0.1) is 0 Å². The Morgan fingerprint density at radius 3 is 2.81 bits per heavy atom. The van der Waals surface area contributed by atoms with Crippen LogP contribution in [0.4, 0.5) is 0 Å². The maximum absolute atomic E-state index is 6.08. The average molecular weight is 238 g/mol. The van der Waals surface area contributed by atoms with Crippen molar-refractivity contribution in [1.29, 1.82) is 0 Å². The van der Waals surface area contributed by atoms with E-state index >= 15 is 0 Å². The van der Waals surface area contributed by atoms with Crippen molar-refractivity contribution in [1.82, 2.24) is 5.32 Å². The Bertz CT molecular complexity index is 478. The molecule has 2 nitrogen and oxygen atoms in total. The number of hydrogen-bond acceptors (Lipinski definition) is 2. The molecule has 0 aliphatic rings. The van der Waals surface area contributed by atoms with Crippen LogP contribution in [0.15, 0.2) is 28.7 Å². The molecule has 0 aliphatic carbocycles. The van der Waals surface area contributed by atoms with E-state index in [0.29, 0.717) is 5.02 Å². The van der Waals surface area contributed by atoms with Gasteiger partial charge in [-0.2, -0.15) is 0 Å². The molecule has 1 N–H and O–H groups in total. The highest BCUT2D eigenvalue weighted by Crippen LogP contribution is 2.30. The first-order valence-corrected chi connectivity index (χ1v) is 6.05. The fourth-order valence-electron chi connectivity index (χ4n) is 1.91. The predicted molar refractivity (Wildman–Crippen MR) is 67.9 cm³/mol. The van der Waals surface area contributed by atoms with E-state index in [9.17, 15) is 0 Å². The summed E-state index contributed by atoms with van der Waals surface area (Å²) in [5, 5.41) is 5.14. The van der Waals surface area contributed by atoms with Crippen molar-refractivity contribution < 1.29 is 4.42 Å². The summed E-state index contributed by atoms with van der Waals surface area (Å²) in [6.07, 6.45) is 1.01. The Morgan fingerprint density at radius 1 is 1.38 bits per heavy atom. The molecule has 1 aromatic carbocycles. The zero-order chi connectivity index (χ0) is 11.5. The first kappa shape index (κ1) is 11.5. The molecule has 0 saturated heterocycles. The smallest absolute Gasteiger partial charge is 0.152 e. The molecule has 0 spiro atoms. The van der Waals surface area contributed by atoms with Gasteiger partial charge in [-0.1, -0.05) is 37.6 Å². The van der Waals surface area contributed by atoms with Crippen molar-refractivity contribution in [2.75, 3.05) is 6.54 Å². The number of fused-ring (bicyclic) bond motifs is 1. The van der Waals surface area contributed by atoms with Gasteiger partial charge < -0.3 is 9.73 Å². The van der Waals surface area contributed by atoms with Gasteiger partial charge in [-0.25, -0.2) is 0 Å². The SMILES string of the molecule is CCNC(CC)c1cc2cccc(Cl)c2o1. The van der Waals surface area contributed by atoms with Crippen molar-refractivity contribution in [2.24, 2.45) is 0 Å². The third kappa shape index (κ3) is 2.08. The van der Waals surface area contributed by atoms with Crippen molar-refractivity contribution in [3.8, 4) is 0 Å². The Hall–Kier alpha value is -0.990. The highest BCUT2D eigenvalue weighted by Gasteiger charge is 2.14. The standard InChI is InChI=1S/C13H16ClNO/c1-3-11(15-4-2)12-8-9-6-5-7-10(14)13(9)16-12/h5-8,11,15H,3-4H2,1-2H3. The van der Waals surface area contributed by atoms with Crippen molar-refractivity contribution >= 4 is 22.6 Å². The monoisotopic (exact) mass is 237 g/mol. The van der Waals surface area contributed by atoms with E-state index in [1.54, 1.807) is 0 Å². The van der Waals surface area contributed by atoms with Crippen LogP contribution in [-0.2, 0) is 0 Å². The van der Waals surface area contributed by atoms with Crippen LogP contribution in [0.2, 0.25) is 5.02 Å². The number of nitrogens with one attached hydrogen (secondary N) is 1. The minimum absolute atomic E-state index is 0.272. The molecule has 0 radical (unpaired) electrons. The molecule has 0 saturated carbocycles. The molecule has 3 heteroatoms. The van der Waals surface area contributed by atoms with Crippen LogP contribution >= 0.6 is 11.6 Å². The minimum atomic E-state index is 0.272. The van der Waals surface area contributed by atoms with Crippen molar-refractivity contribution in [3.63, 3.8) is 0 Å². The van der Waals surface area contributed by atoms with E-state index in [1.807, 2.05) is 18.2 Å². The lowest BCUT2D eigenvalue weighted by Crippen LogP contribution is -2.19. The molecule has 1 aromatic heterocycles. The van der Waals surface area contributed by atoms with E-state index < -0.39 is 0 Å². The normalized spacial score (nSPS) is 13.2. The number of furan rings is 1. The molecule has 0 aliphatic heterocycles. The minimum Gasteiger partial charge on any atom is -0.458 e. The van der Waals surface area contributed by atoms with Crippen LogP contribution in [0.1, 0.15) is 32.1 Å². The van der Waals surface area contributed by atoms with Crippen molar-refractivity contribution in [3.05, 3.63) is 35.0 Å². The number of benzene rings is 1. The molecule has 0 amide bonds. The lowest BCUT2D eigenvalue weighted by molar-refractivity contribution is 0.428. The fraction of sp³-hybridized carbons (Fsp3) is 0.385. The second kappa shape index (κ2) is 4.89. The lowest BCUT2D eigenvalue weighted by Gasteiger charge is -2.11. The molecule has 0 bridgehead atoms. The highest BCUT2D eigenvalue weighted by molar-refractivity contribution is 6.34. The lowest BCUT2D eigenvalue weighted by atomic mass is 10.1. The van der Waals surface area contributed by atoms with Crippen LogP contribution < -0.4 is 5.32 Å². The summed E-state index contributed by atoms with van der Waals surface area (Å²) in [5.41, 5.74) is 0.788. The van der Waals surface area contributed by atoms with Crippen LogP contribution in [0.5, 0.6) is 0 Å². The largest absolute Gasteiger partial charge is 0.458 e. The van der Waals surface area contributed by atoms with Crippen molar-refractivity contribution in [2.45, 2.75) is 26.3 Å². The van der Waals surface area contributed by atoms with E-state index in [2.05, 4.69) is 25.2 Å². The molecule has 86 valence electrons. The van der Waals surface area contributed by atoms with Gasteiger partial charge in [0.05, 0.1) is 11.1 Å². The maximum atomic E-state index is 6.08. The second-order valence-corrected chi connectivity index (χ2v) is 4.23. The third-order valence-electron chi connectivity index (χ3n) is 2.72. The molecular formula is C13H16ClNO. The Kier molecular flexibility index (Phi) is 3.52. The van der Waals surface area contributed by atoms with E-state index in [-0.39, 0.29) is 6.04 Å². The van der Waals surface area contributed by atoms with Crippen LogP contribution in [0.3, 0.4) is 0 Å². The average Bonchev–Trinajstić information content (AvgIpc) is 2.71. The molecule has 2 aromatic rings. The summed E-state index contributed by atoms with van der Waals surface area (Å²) in [4.78, 5) is 0. The summed E-state index contributed by atoms with van der Waals surface area (Å²) in [7, 11) is 0. The van der Waals surface area contributed by atoms with Gasteiger partial charge in [0.15, 0.2) is 5.58 Å². The topological polar surface area (TPSA) is 25.2 Å². The van der Waals surface area contributed by atoms with Gasteiger partial charge >= 0.3 is 0 Å². The number of rotatable bonds is 4. The Morgan fingerprint density at radius 2 is 2.19 bits per heavy atom. The first-order valence-electron chi connectivity index (χ1n) is 5.67. The molecule has 1 heterocycles. The summed E-state index contributed by atoms with van der Waals surface area (Å²) < 4.78 is 5.81. The van der Waals surface area contributed by atoms with Crippen LogP contribution in [-0.4, -0.2) is 6.54 Å². The zero-order valence-electron chi connectivity index (χ0n) is 9.59. The van der Waals surface area contributed by atoms with Gasteiger partial charge in [0.1, 0.15) is 5.76 Å². The number of para-hydroxylation sites is 1. The maximum Gasteiger partial charge on any atom is 0.152 e. The van der Waals surface area contributed by atoms with Crippen LogP contribution in [0.25, 0.3) is 11.0 Å². The van der Waals surface area contributed by atoms with Gasteiger partial charge in [-0.05, 0) is 25.1 Å². The molecule has 16 heavy (non-hydrogen) atoms. The predicted octanol–water partition coefficient (Wildman–Crippen LogP) is 4.15. The number of hydrogen-bond donors (Lipinski definition) is 1. The Balaban J connectivity index is 2.42. The molecule has 1 unspecified atom stereocenters. The Labute approximate surface area is 101 Å². The third-order valence-corrected chi connectivity index (χ3v) is 3.01. The van der Waals surface area contributed by atoms with Gasteiger partial charge in [-0.3, -0.25) is 0 Å². The van der Waals surface area contributed by atoms with Gasteiger partial charge in [0.25, 0.3) is 0 Å². The summed E-state index contributed by atoms with van der Waals surface area (Å²) >= 11 is 6.08. The summed E-state index contributed by atoms with van der Waals surface area (Å²) in [6, 6.07) is 8.16. The molecule has 0 fully saturated rings. The van der Waals surface area contributed by atoms with E-state index in [1.165, 1.54) is 0 Å². The molecule has 1 atom stereocenters. The first-order chi connectivity index (χ1) is 7.76. The van der Waals surface area contributed by atoms with E-state index in [4.69, 9.17) is 16.0 Å². The summed E-state index contributed by atoms with van der Waals surface area (Å²) in [5.74, 6) is 0.965. The fourth-order valence-corrected chi connectivity index (χ4v) is 2.13. The molecule has 2 rings (SSSR count). The zero-order valence-corrected chi connectivity index (χ0v) is 10.3. The summed E-state index contributed by atoms with van der Waals surface area (Å²) in [6.45, 7) is 5.17. The van der Waals surface area contributed by atoms with Gasteiger partial charge in [0, 0.05) is 5.39 Å². The highest BCUT2D eigenvalue weighted by atomic mass is 35.5. The van der Waals surface area contributed by atoms with Crippen LogP contribution in [0, 0.1) is 0 Å². The van der Waals surface area contributed by atoms with Gasteiger partial charge in [0.2, 0.25) is 0 Å². The van der Waals surface area contributed by atoms with E-state index in [0.717, 1.165) is 29.7 Å².